The van der Waals surface area contributed by atoms with Gasteiger partial charge < -0.3 is 5.32 Å². The van der Waals surface area contributed by atoms with Gasteiger partial charge in [-0.05, 0) is 61.6 Å². The maximum atomic E-state index is 4.13. The molecule has 2 aliphatic carbocycles. The molecular weight excluding hydrogens is 196 g/mol. The molecule has 0 bridgehead atoms. The van der Waals surface area contributed by atoms with Gasteiger partial charge in [0.25, 0.3) is 0 Å². The average Bonchev–Trinajstić information content (AvgIpc) is 3.17. The molecule has 2 saturated carbocycles. The van der Waals surface area contributed by atoms with Crippen LogP contribution >= 0.6 is 0 Å². The van der Waals surface area contributed by atoms with Gasteiger partial charge in [-0.15, -0.1) is 0 Å². The summed E-state index contributed by atoms with van der Waals surface area (Å²) in [6.07, 6.45) is 10.8. The van der Waals surface area contributed by atoms with Gasteiger partial charge >= 0.3 is 0 Å². The SMILES string of the molecule is c1cncc(CCNCC2(C3CC3)CC2)c1. The van der Waals surface area contributed by atoms with Crippen molar-refractivity contribution in [3.8, 4) is 0 Å². The third kappa shape index (κ3) is 2.27. The molecule has 3 rings (SSSR count). The topological polar surface area (TPSA) is 24.9 Å². The number of hydrogen-bond donors (Lipinski definition) is 1. The second-order valence-corrected chi connectivity index (χ2v) is 5.42. The summed E-state index contributed by atoms with van der Waals surface area (Å²) in [5, 5.41) is 3.63. The first-order chi connectivity index (χ1) is 7.89. The molecule has 0 amide bonds. The van der Waals surface area contributed by atoms with Gasteiger partial charge in [0.2, 0.25) is 0 Å². The van der Waals surface area contributed by atoms with E-state index >= 15 is 0 Å². The van der Waals surface area contributed by atoms with E-state index in [9.17, 15) is 0 Å². The number of rotatable bonds is 6. The largest absolute Gasteiger partial charge is 0.316 e. The molecule has 1 N–H and O–H groups in total. The first-order valence-electron chi connectivity index (χ1n) is 6.49. The van der Waals surface area contributed by atoms with Crippen LogP contribution in [0.5, 0.6) is 0 Å². The molecule has 2 nitrogen and oxygen atoms in total. The minimum absolute atomic E-state index is 0.731. The Kier molecular flexibility index (Phi) is 2.68. The predicted molar refractivity (Wildman–Crippen MR) is 65.2 cm³/mol. The second-order valence-electron chi connectivity index (χ2n) is 5.42. The van der Waals surface area contributed by atoms with Crippen molar-refractivity contribution >= 4 is 0 Å². The van der Waals surface area contributed by atoms with Gasteiger partial charge in [-0.2, -0.15) is 0 Å². The van der Waals surface area contributed by atoms with Gasteiger partial charge in [0.1, 0.15) is 0 Å². The summed E-state index contributed by atoms with van der Waals surface area (Å²) in [7, 11) is 0. The number of nitrogens with one attached hydrogen (secondary N) is 1. The van der Waals surface area contributed by atoms with Crippen LogP contribution in [0.15, 0.2) is 24.5 Å². The fourth-order valence-corrected chi connectivity index (χ4v) is 2.70. The van der Waals surface area contributed by atoms with E-state index < -0.39 is 0 Å². The lowest BCUT2D eigenvalue weighted by Crippen LogP contribution is -2.27. The van der Waals surface area contributed by atoms with E-state index in [1.54, 1.807) is 0 Å². The molecule has 86 valence electrons. The summed E-state index contributed by atoms with van der Waals surface area (Å²) < 4.78 is 0. The Morgan fingerprint density at radius 3 is 2.88 bits per heavy atom. The van der Waals surface area contributed by atoms with E-state index in [0.29, 0.717) is 0 Å². The molecule has 2 heteroatoms. The fraction of sp³-hybridized carbons (Fsp3) is 0.643. The van der Waals surface area contributed by atoms with Gasteiger partial charge in [-0.3, -0.25) is 4.98 Å². The summed E-state index contributed by atoms with van der Waals surface area (Å²) in [5.74, 6) is 1.07. The molecule has 0 saturated heterocycles. The van der Waals surface area contributed by atoms with Crippen molar-refractivity contribution in [3.05, 3.63) is 30.1 Å². The summed E-state index contributed by atoms with van der Waals surface area (Å²) in [5.41, 5.74) is 2.07. The minimum atomic E-state index is 0.731. The fourth-order valence-electron chi connectivity index (χ4n) is 2.70. The van der Waals surface area contributed by atoms with Crippen LogP contribution in [0.2, 0.25) is 0 Å². The lowest BCUT2D eigenvalue weighted by Gasteiger charge is -2.14. The van der Waals surface area contributed by atoms with Crippen molar-refractivity contribution in [2.24, 2.45) is 11.3 Å². The van der Waals surface area contributed by atoms with E-state index in [0.717, 1.165) is 24.3 Å². The van der Waals surface area contributed by atoms with Crippen LogP contribution in [0.3, 0.4) is 0 Å². The number of nitrogens with zero attached hydrogens (tertiary/aromatic N) is 1. The molecule has 1 aromatic heterocycles. The van der Waals surface area contributed by atoms with E-state index in [-0.39, 0.29) is 0 Å². The van der Waals surface area contributed by atoms with Crippen LogP contribution < -0.4 is 5.32 Å². The Morgan fingerprint density at radius 2 is 2.25 bits per heavy atom. The molecule has 0 aliphatic heterocycles. The molecule has 2 fully saturated rings. The Morgan fingerprint density at radius 1 is 1.38 bits per heavy atom. The Labute approximate surface area is 97.5 Å². The van der Waals surface area contributed by atoms with E-state index in [1.165, 1.54) is 37.8 Å². The Balaban J connectivity index is 1.38. The predicted octanol–water partition coefficient (Wildman–Crippen LogP) is 2.40. The van der Waals surface area contributed by atoms with Gasteiger partial charge in [-0.1, -0.05) is 6.07 Å². The summed E-state index contributed by atoms with van der Waals surface area (Å²) in [6.45, 7) is 2.35. The third-order valence-electron chi connectivity index (χ3n) is 4.13. The summed E-state index contributed by atoms with van der Waals surface area (Å²) in [6, 6.07) is 4.17. The molecule has 0 aromatic carbocycles. The van der Waals surface area contributed by atoms with Crippen molar-refractivity contribution < 1.29 is 0 Å². The lowest BCUT2D eigenvalue weighted by molar-refractivity contribution is 0.406. The van der Waals surface area contributed by atoms with Crippen LogP contribution in [-0.4, -0.2) is 18.1 Å². The van der Waals surface area contributed by atoms with Gasteiger partial charge in [0, 0.05) is 18.9 Å². The molecule has 1 aromatic rings. The van der Waals surface area contributed by atoms with Crippen molar-refractivity contribution in [3.63, 3.8) is 0 Å². The number of hydrogen-bond acceptors (Lipinski definition) is 2. The highest BCUT2D eigenvalue weighted by atomic mass is 14.9. The third-order valence-corrected chi connectivity index (χ3v) is 4.13. The summed E-state index contributed by atoms with van der Waals surface area (Å²) >= 11 is 0. The highest BCUT2D eigenvalue weighted by Crippen LogP contribution is 2.60. The normalized spacial score (nSPS) is 22.0. The van der Waals surface area contributed by atoms with Gasteiger partial charge in [0.05, 0.1) is 0 Å². The van der Waals surface area contributed by atoms with Crippen molar-refractivity contribution in [1.29, 1.82) is 0 Å². The maximum Gasteiger partial charge on any atom is 0.0300 e. The number of pyridine rings is 1. The van der Waals surface area contributed by atoms with Crippen LogP contribution in [0, 0.1) is 11.3 Å². The lowest BCUT2D eigenvalue weighted by atomic mass is 10.0. The zero-order valence-corrected chi connectivity index (χ0v) is 9.78. The van der Waals surface area contributed by atoms with Gasteiger partial charge in [-0.25, -0.2) is 0 Å². The molecule has 1 heterocycles. The molecule has 0 atom stereocenters. The molecule has 16 heavy (non-hydrogen) atoms. The maximum absolute atomic E-state index is 4.13. The van der Waals surface area contributed by atoms with Crippen LogP contribution in [-0.2, 0) is 6.42 Å². The van der Waals surface area contributed by atoms with Crippen LogP contribution in [0.25, 0.3) is 0 Å². The van der Waals surface area contributed by atoms with Crippen molar-refractivity contribution in [2.75, 3.05) is 13.1 Å². The zero-order chi connectivity index (χ0) is 10.8. The monoisotopic (exact) mass is 216 g/mol. The minimum Gasteiger partial charge on any atom is -0.316 e. The van der Waals surface area contributed by atoms with Crippen molar-refractivity contribution in [1.82, 2.24) is 10.3 Å². The molecule has 0 radical (unpaired) electrons. The molecule has 2 aliphatic rings. The highest BCUT2D eigenvalue weighted by Gasteiger charge is 2.52. The molecule has 0 spiro atoms. The quantitative estimate of drug-likeness (QED) is 0.739. The number of aromatic nitrogens is 1. The molecule has 0 unspecified atom stereocenters. The standard InChI is InChI=1S/C14H20N2/c1-2-12(10-15-8-1)5-9-16-11-14(6-7-14)13-3-4-13/h1-2,8,10,13,16H,3-7,9,11H2. The average molecular weight is 216 g/mol. The smallest absolute Gasteiger partial charge is 0.0300 e. The van der Waals surface area contributed by atoms with Gasteiger partial charge in [0.15, 0.2) is 0 Å². The molecular formula is C14H20N2. The highest BCUT2D eigenvalue weighted by molar-refractivity contribution is 5.09. The van der Waals surface area contributed by atoms with E-state index in [1.807, 2.05) is 18.5 Å². The van der Waals surface area contributed by atoms with Crippen LogP contribution in [0.4, 0.5) is 0 Å². The Bertz CT molecular complexity index is 339. The zero-order valence-electron chi connectivity index (χ0n) is 9.78. The van der Waals surface area contributed by atoms with Crippen LogP contribution in [0.1, 0.15) is 31.2 Å². The first-order valence-corrected chi connectivity index (χ1v) is 6.49. The first kappa shape index (κ1) is 10.3. The Hall–Kier alpha value is -0.890. The van der Waals surface area contributed by atoms with Crippen molar-refractivity contribution in [2.45, 2.75) is 32.1 Å². The second kappa shape index (κ2) is 4.17. The van der Waals surface area contributed by atoms with E-state index in [2.05, 4.69) is 16.4 Å². The van der Waals surface area contributed by atoms with E-state index in [4.69, 9.17) is 0 Å². The summed E-state index contributed by atoms with van der Waals surface area (Å²) in [4.78, 5) is 4.13.